The van der Waals surface area contributed by atoms with Crippen molar-refractivity contribution in [2.45, 2.75) is 13.1 Å². The second-order valence-electron chi connectivity index (χ2n) is 4.97. The molecule has 0 heterocycles. The average Bonchev–Trinajstić information content (AvgIpc) is 2.60. The Morgan fingerprint density at radius 1 is 1.00 bits per heavy atom. The summed E-state index contributed by atoms with van der Waals surface area (Å²) in [6, 6.07) is 9.36. The first-order chi connectivity index (χ1) is 11.5. The predicted octanol–water partition coefficient (Wildman–Crippen LogP) is 3.50. The maximum absolute atomic E-state index is 13.1. The Balaban J connectivity index is 1.85. The molecule has 24 heavy (non-hydrogen) atoms. The largest absolute Gasteiger partial charge is 0.493 e. The summed E-state index contributed by atoms with van der Waals surface area (Å²) in [4.78, 5) is 11.8. The lowest BCUT2D eigenvalue weighted by molar-refractivity contribution is 0.240. The zero-order chi connectivity index (χ0) is 17.5. The summed E-state index contributed by atoms with van der Waals surface area (Å²) in [5, 5.41) is 5.44. The second-order valence-corrected chi connectivity index (χ2v) is 5.38. The van der Waals surface area contributed by atoms with Gasteiger partial charge in [0.25, 0.3) is 0 Å². The van der Waals surface area contributed by atoms with Crippen LogP contribution in [0.3, 0.4) is 0 Å². The zero-order valence-electron chi connectivity index (χ0n) is 13.4. The highest BCUT2D eigenvalue weighted by Crippen LogP contribution is 2.27. The molecule has 0 radical (unpaired) electrons. The van der Waals surface area contributed by atoms with Crippen molar-refractivity contribution >= 4 is 17.6 Å². The molecule has 2 amide bonds. The molecule has 0 spiro atoms. The Bertz CT molecular complexity index is 725. The summed E-state index contributed by atoms with van der Waals surface area (Å²) in [5.41, 5.74) is 1.58. The van der Waals surface area contributed by atoms with Crippen molar-refractivity contribution in [2.75, 3.05) is 14.2 Å². The molecule has 0 saturated carbocycles. The number of hydrogen-bond acceptors (Lipinski definition) is 3. The van der Waals surface area contributed by atoms with Crippen LogP contribution in [0.5, 0.6) is 11.5 Å². The molecule has 0 atom stereocenters. The van der Waals surface area contributed by atoms with Crippen LogP contribution < -0.4 is 20.1 Å². The van der Waals surface area contributed by atoms with Gasteiger partial charge in [-0.05, 0) is 35.4 Å². The van der Waals surface area contributed by atoms with Crippen molar-refractivity contribution in [2.24, 2.45) is 0 Å². The second kappa shape index (κ2) is 8.40. The fourth-order valence-corrected chi connectivity index (χ4v) is 2.27. The van der Waals surface area contributed by atoms with Gasteiger partial charge < -0.3 is 20.1 Å². The predicted molar refractivity (Wildman–Crippen MR) is 90.0 cm³/mol. The number of nitrogens with one attached hydrogen (secondary N) is 2. The van der Waals surface area contributed by atoms with Crippen molar-refractivity contribution in [1.29, 1.82) is 0 Å². The van der Waals surface area contributed by atoms with E-state index in [2.05, 4.69) is 10.6 Å². The van der Waals surface area contributed by atoms with Gasteiger partial charge in [-0.25, -0.2) is 9.18 Å². The van der Waals surface area contributed by atoms with Crippen LogP contribution in [0.25, 0.3) is 0 Å². The van der Waals surface area contributed by atoms with Gasteiger partial charge >= 0.3 is 6.03 Å². The van der Waals surface area contributed by atoms with E-state index in [1.165, 1.54) is 12.1 Å². The SMILES string of the molecule is COc1ccc(CNC(=O)NCc2ccc(F)c(Cl)c2)cc1OC. The summed E-state index contributed by atoms with van der Waals surface area (Å²) in [6.45, 7) is 0.578. The van der Waals surface area contributed by atoms with E-state index < -0.39 is 5.82 Å². The first-order valence-electron chi connectivity index (χ1n) is 7.20. The molecule has 0 saturated heterocycles. The molecular weight excluding hydrogens is 335 g/mol. The van der Waals surface area contributed by atoms with Crippen LogP contribution in [0.2, 0.25) is 5.02 Å². The molecule has 2 N–H and O–H groups in total. The number of carbonyl (C=O) groups excluding carboxylic acids is 1. The highest BCUT2D eigenvalue weighted by Gasteiger charge is 2.07. The van der Waals surface area contributed by atoms with Gasteiger partial charge in [0.1, 0.15) is 5.82 Å². The molecule has 0 aliphatic carbocycles. The van der Waals surface area contributed by atoms with E-state index in [9.17, 15) is 9.18 Å². The molecule has 128 valence electrons. The third-order valence-corrected chi connectivity index (χ3v) is 3.63. The lowest BCUT2D eigenvalue weighted by Crippen LogP contribution is -2.34. The molecule has 0 bridgehead atoms. The maximum Gasteiger partial charge on any atom is 0.315 e. The van der Waals surface area contributed by atoms with Crippen molar-refractivity contribution < 1.29 is 18.7 Å². The first kappa shape index (κ1) is 17.9. The van der Waals surface area contributed by atoms with E-state index in [0.717, 1.165) is 5.56 Å². The monoisotopic (exact) mass is 352 g/mol. The third-order valence-electron chi connectivity index (χ3n) is 3.34. The molecule has 2 aromatic rings. The number of ether oxygens (including phenoxy) is 2. The Kier molecular flexibility index (Phi) is 6.26. The van der Waals surface area contributed by atoms with Crippen LogP contribution in [-0.2, 0) is 13.1 Å². The van der Waals surface area contributed by atoms with Crippen LogP contribution in [-0.4, -0.2) is 20.3 Å². The minimum Gasteiger partial charge on any atom is -0.493 e. The van der Waals surface area contributed by atoms with Crippen LogP contribution in [0.15, 0.2) is 36.4 Å². The first-order valence-corrected chi connectivity index (χ1v) is 7.58. The Labute approximate surface area is 144 Å². The summed E-state index contributed by atoms with van der Waals surface area (Å²) in [6.07, 6.45) is 0. The Hall–Kier alpha value is -2.47. The Morgan fingerprint density at radius 2 is 1.58 bits per heavy atom. The number of hydrogen-bond donors (Lipinski definition) is 2. The number of carbonyl (C=O) groups is 1. The molecule has 0 fully saturated rings. The van der Waals surface area contributed by atoms with Gasteiger partial charge in [-0.15, -0.1) is 0 Å². The number of amides is 2. The van der Waals surface area contributed by atoms with Gasteiger partial charge in [0, 0.05) is 13.1 Å². The highest BCUT2D eigenvalue weighted by atomic mass is 35.5. The van der Waals surface area contributed by atoms with Crippen molar-refractivity contribution in [3.05, 3.63) is 58.4 Å². The van der Waals surface area contributed by atoms with Gasteiger partial charge in [0.2, 0.25) is 0 Å². The van der Waals surface area contributed by atoms with E-state index >= 15 is 0 Å². The molecule has 7 heteroatoms. The van der Waals surface area contributed by atoms with E-state index in [1.807, 2.05) is 6.07 Å². The van der Waals surface area contributed by atoms with Crippen molar-refractivity contribution in [3.63, 3.8) is 0 Å². The normalized spacial score (nSPS) is 10.2. The summed E-state index contributed by atoms with van der Waals surface area (Å²) in [7, 11) is 3.11. The van der Waals surface area contributed by atoms with Gasteiger partial charge in [0.05, 0.1) is 19.2 Å². The number of methoxy groups -OCH3 is 2. The third kappa shape index (κ3) is 4.76. The smallest absolute Gasteiger partial charge is 0.315 e. The van der Waals surface area contributed by atoms with Crippen LogP contribution in [0.1, 0.15) is 11.1 Å². The molecule has 2 aromatic carbocycles. The fourth-order valence-electron chi connectivity index (χ4n) is 2.07. The molecule has 0 aliphatic heterocycles. The lowest BCUT2D eigenvalue weighted by atomic mass is 10.2. The van der Waals surface area contributed by atoms with Crippen molar-refractivity contribution in [3.8, 4) is 11.5 Å². The number of halogens is 2. The minimum absolute atomic E-state index is 0.0278. The standard InChI is InChI=1S/C17H18ClFN2O3/c1-23-15-6-4-12(8-16(15)24-2)10-21-17(22)20-9-11-3-5-14(19)13(18)7-11/h3-8H,9-10H2,1-2H3,(H2,20,21,22). The van der Waals surface area contributed by atoms with E-state index in [0.29, 0.717) is 23.6 Å². The molecule has 5 nitrogen and oxygen atoms in total. The highest BCUT2D eigenvalue weighted by molar-refractivity contribution is 6.30. The number of urea groups is 1. The van der Waals surface area contributed by atoms with Crippen LogP contribution >= 0.6 is 11.6 Å². The van der Waals surface area contributed by atoms with Gasteiger partial charge in [-0.2, -0.15) is 0 Å². The fraction of sp³-hybridized carbons (Fsp3) is 0.235. The molecular formula is C17H18ClFN2O3. The molecule has 0 aromatic heterocycles. The van der Waals surface area contributed by atoms with E-state index in [-0.39, 0.29) is 17.6 Å². The van der Waals surface area contributed by atoms with Crippen LogP contribution in [0, 0.1) is 5.82 Å². The van der Waals surface area contributed by atoms with Crippen molar-refractivity contribution in [1.82, 2.24) is 10.6 Å². The number of benzene rings is 2. The Morgan fingerprint density at radius 3 is 2.17 bits per heavy atom. The maximum atomic E-state index is 13.1. The minimum atomic E-state index is -0.488. The van der Waals surface area contributed by atoms with E-state index in [4.69, 9.17) is 21.1 Å². The average molecular weight is 353 g/mol. The lowest BCUT2D eigenvalue weighted by Gasteiger charge is -2.11. The topological polar surface area (TPSA) is 59.6 Å². The van der Waals surface area contributed by atoms with Gasteiger partial charge in [0.15, 0.2) is 11.5 Å². The summed E-state index contributed by atoms with van der Waals surface area (Å²) in [5.74, 6) is 0.732. The van der Waals surface area contributed by atoms with Crippen LogP contribution in [0.4, 0.5) is 9.18 Å². The van der Waals surface area contributed by atoms with E-state index in [1.54, 1.807) is 32.4 Å². The van der Waals surface area contributed by atoms with Gasteiger partial charge in [-0.1, -0.05) is 23.7 Å². The molecule has 0 unspecified atom stereocenters. The quantitative estimate of drug-likeness (QED) is 0.836. The zero-order valence-corrected chi connectivity index (χ0v) is 14.1. The summed E-state index contributed by atoms with van der Waals surface area (Å²) < 4.78 is 23.4. The van der Waals surface area contributed by atoms with Gasteiger partial charge in [-0.3, -0.25) is 0 Å². The molecule has 2 rings (SSSR count). The molecule has 0 aliphatic rings. The number of rotatable bonds is 6. The summed E-state index contributed by atoms with van der Waals surface area (Å²) >= 11 is 5.70.